The first kappa shape index (κ1) is 16.9. The zero-order valence-corrected chi connectivity index (χ0v) is 15.1. The topological polar surface area (TPSA) is 46.5 Å². The Morgan fingerprint density at radius 3 is 2.54 bits per heavy atom. The molecule has 0 atom stereocenters. The molecular weight excluding hydrogens is 320 g/mol. The number of hydrogen-bond donors (Lipinski definition) is 1. The van der Waals surface area contributed by atoms with E-state index in [9.17, 15) is 4.79 Å². The lowest BCUT2D eigenvalue weighted by Gasteiger charge is -2.17. The Morgan fingerprint density at radius 2 is 1.79 bits per heavy atom. The molecule has 0 unspecified atom stereocenters. The van der Waals surface area contributed by atoms with Crippen molar-refractivity contribution < 1.29 is 9.84 Å². The molecule has 3 aromatic rings. The SMILES string of the molecule is Cc1c(OCCCCO)c(C)c2c(=O)c3ccccc3sc2c1C. The van der Waals surface area contributed by atoms with E-state index in [1.807, 2.05) is 31.2 Å². The van der Waals surface area contributed by atoms with Crippen LogP contribution in [-0.2, 0) is 0 Å². The van der Waals surface area contributed by atoms with E-state index in [0.717, 1.165) is 55.5 Å². The maximum atomic E-state index is 13.0. The fourth-order valence-electron chi connectivity index (χ4n) is 3.09. The second-order valence-corrected chi connectivity index (χ2v) is 7.17. The van der Waals surface area contributed by atoms with E-state index < -0.39 is 0 Å². The predicted octanol–water partition coefficient (Wildman–Crippen LogP) is 4.49. The maximum absolute atomic E-state index is 13.0. The van der Waals surface area contributed by atoms with Crippen LogP contribution in [-0.4, -0.2) is 18.3 Å². The fraction of sp³-hybridized carbons (Fsp3) is 0.350. The molecule has 1 N–H and O–H groups in total. The maximum Gasteiger partial charge on any atom is 0.196 e. The molecule has 3 rings (SSSR count). The third kappa shape index (κ3) is 2.80. The Balaban J connectivity index is 2.23. The van der Waals surface area contributed by atoms with Crippen molar-refractivity contribution >= 4 is 31.5 Å². The Kier molecular flexibility index (Phi) is 4.88. The van der Waals surface area contributed by atoms with Gasteiger partial charge in [0.25, 0.3) is 0 Å². The van der Waals surface area contributed by atoms with E-state index in [2.05, 4.69) is 13.8 Å². The monoisotopic (exact) mass is 342 g/mol. The largest absolute Gasteiger partial charge is 0.493 e. The van der Waals surface area contributed by atoms with Crippen LogP contribution in [0.15, 0.2) is 29.1 Å². The highest BCUT2D eigenvalue weighted by Gasteiger charge is 2.17. The van der Waals surface area contributed by atoms with Gasteiger partial charge in [0.05, 0.1) is 6.61 Å². The highest BCUT2D eigenvalue weighted by Crippen LogP contribution is 2.37. The smallest absolute Gasteiger partial charge is 0.196 e. The van der Waals surface area contributed by atoms with E-state index in [0.29, 0.717) is 6.61 Å². The van der Waals surface area contributed by atoms with Crippen molar-refractivity contribution in [2.45, 2.75) is 33.6 Å². The second-order valence-electron chi connectivity index (χ2n) is 6.11. The lowest BCUT2D eigenvalue weighted by Crippen LogP contribution is -2.08. The van der Waals surface area contributed by atoms with Gasteiger partial charge in [0.2, 0.25) is 0 Å². The van der Waals surface area contributed by atoms with Crippen LogP contribution in [0.25, 0.3) is 20.2 Å². The molecule has 0 aliphatic heterocycles. The van der Waals surface area contributed by atoms with Crippen LogP contribution in [0.1, 0.15) is 29.5 Å². The van der Waals surface area contributed by atoms with Crippen molar-refractivity contribution in [2.24, 2.45) is 0 Å². The van der Waals surface area contributed by atoms with Crippen LogP contribution in [0.4, 0.5) is 0 Å². The molecule has 126 valence electrons. The molecule has 0 radical (unpaired) electrons. The first-order valence-electron chi connectivity index (χ1n) is 8.25. The second kappa shape index (κ2) is 6.91. The van der Waals surface area contributed by atoms with Crippen LogP contribution in [0.2, 0.25) is 0 Å². The van der Waals surface area contributed by atoms with Crippen molar-refractivity contribution in [2.75, 3.05) is 13.2 Å². The standard InChI is InChI=1S/C20H22O3S/c1-12-13(2)20-17(14(3)19(12)23-11-7-6-10-21)18(22)15-8-4-5-9-16(15)24-20/h4-5,8-9,21H,6-7,10-11H2,1-3H3. The van der Waals surface area contributed by atoms with Gasteiger partial charge in [-0.25, -0.2) is 0 Å². The molecule has 2 aromatic carbocycles. The Labute approximate surface area is 145 Å². The summed E-state index contributed by atoms with van der Waals surface area (Å²) in [5.74, 6) is 0.817. The van der Waals surface area contributed by atoms with Gasteiger partial charge in [0.1, 0.15) is 5.75 Å². The van der Waals surface area contributed by atoms with Gasteiger partial charge in [0.15, 0.2) is 5.43 Å². The Bertz CT molecular complexity index is 957. The average molecular weight is 342 g/mol. The molecule has 0 fully saturated rings. The van der Waals surface area contributed by atoms with Crippen LogP contribution in [0, 0.1) is 20.8 Å². The zero-order chi connectivity index (χ0) is 17.3. The molecule has 0 saturated heterocycles. The molecule has 0 amide bonds. The number of aliphatic hydroxyl groups is 1. The summed E-state index contributed by atoms with van der Waals surface area (Å²) in [6, 6.07) is 7.77. The van der Waals surface area contributed by atoms with Crippen LogP contribution in [0.3, 0.4) is 0 Å². The molecule has 4 heteroatoms. The van der Waals surface area contributed by atoms with Crippen molar-refractivity contribution in [3.8, 4) is 5.75 Å². The molecule has 1 heterocycles. The number of ether oxygens (including phenoxy) is 1. The average Bonchev–Trinajstić information content (AvgIpc) is 2.59. The van der Waals surface area contributed by atoms with Gasteiger partial charge in [-0.05, 0) is 56.9 Å². The highest BCUT2D eigenvalue weighted by molar-refractivity contribution is 7.24. The fourth-order valence-corrected chi connectivity index (χ4v) is 4.38. The van der Waals surface area contributed by atoms with Crippen LogP contribution >= 0.6 is 11.3 Å². The number of fused-ring (bicyclic) bond motifs is 2. The summed E-state index contributed by atoms with van der Waals surface area (Å²) in [4.78, 5) is 13.0. The molecule has 0 spiro atoms. The van der Waals surface area contributed by atoms with E-state index in [4.69, 9.17) is 9.84 Å². The summed E-state index contributed by atoms with van der Waals surface area (Å²) in [7, 11) is 0. The highest BCUT2D eigenvalue weighted by atomic mass is 32.1. The summed E-state index contributed by atoms with van der Waals surface area (Å²) in [5, 5.41) is 10.4. The molecule has 0 saturated carbocycles. The molecule has 3 nitrogen and oxygen atoms in total. The molecule has 24 heavy (non-hydrogen) atoms. The van der Waals surface area contributed by atoms with Crippen molar-refractivity contribution in [3.05, 3.63) is 51.2 Å². The van der Waals surface area contributed by atoms with E-state index >= 15 is 0 Å². The minimum absolute atomic E-state index is 0.0835. The molecule has 0 bridgehead atoms. The van der Waals surface area contributed by atoms with Gasteiger partial charge in [-0.15, -0.1) is 11.3 Å². The first-order valence-corrected chi connectivity index (χ1v) is 9.07. The van der Waals surface area contributed by atoms with Gasteiger partial charge in [0, 0.05) is 32.3 Å². The summed E-state index contributed by atoms with van der Waals surface area (Å²) >= 11 is 1.67. The van der Waals surface area contributed by atoms with Crippen molar-refractivity contribution in [1.82, 2.24) is 0 Å². The molecular formula is C20H22O3S. The van der Waals surface area contributed by atoms with Crippen molar-refractivity contribution in [1.29, 1.82) is 0 Å². The first-order chi connectivity index (χ1) is 11.6. The Morgan fingerprint density at radius 1 is 1.04 bits per heavy atom. The quantitative estimate of drug-likeness (QED) is 0.549. The number of aryl methyl sites for hydroxylation is 2. The number of aliphatic hydroxyl groups excluding tert-OH is 1. The molecule has 0 aliphatic carbocycles. The minimum atomic E-state index is 0.0835. The van der Waals surface area contributed by atoms with Gasteiger partial charge >= 0.3 is 0 Å². The third-order valence-corrected chi connectivity index (χ3v) is 5.85. The summed E-state index contributed by atoms with van der Waals surface area (Å²) in [5.41, 5.74) is 3.21. The van der Waals surface area contributed by atoms with E-state index in [-0.39, 0.29) is 12.0 Å². The van der Waals surface area contributed by atoms with E-state index in [1.165, 1.54) is 0 Å². The van der Waals surface area contributed by atoms with Crippen molar-refractivity contribution in [3.63, 3.8) is 0 Å². The number of benzene rings is 2. The van der Waals surface area contributed by atoms with Crippen LogP contribution in [0.5, 0.6) is 5.75 Å². The number of unbranched alkanes of at least 4 members (excludes halogenated alkanes) is 1. The van der Waals surface area contributed by atoms with Gasteiger partial charge in [-0.3, -0.25) is 4.79 Å². The molecule has 1 aromatic heterocycles. The Hall–Kier alpha value is -1.91. The van der Waals surface area contributed by atoms with E-state index in [1.54, 1.807) is 11.3 Å². The lowest BCUT2D eigenvalue weighted by atomic mass is 10.00. The van der Waals surface area contributed by atoms with Gasteiger partial charge in [-0.1, -0.05) is 12.1 Å². The zero-order valence-electron chi connectivity index (χ0n) is 14.3. The van der Waals surface area contributed by atoms with Crippen LogP contribution < -0.4 is 10.2 Å². The van der Waals surface area contributed by atoms with Gasteiger partial charge < -0.3 is 9.84 Å². The minimum Gasteiger partial charge on any atom is -0.493 e. The molecule has 0 aliphatic rings. The summed E-state index contributed by atoms with van der Waals surface area (Å²) in [6.07, 6.45) is 1.53. The number of hydrogen-bond acceptors (Lipinski definition) is 4. The predicted molar refractivity (Wildman–Crippen MR) is 102 cm³/mol. The normalized spacial score (nSPS) is 11.3. The summed E-state index contributed by atoms with van der Waals surface area (Å²) < 4.78 is 8.05. The summed E-state index contributed by atoms with van der Waals surface area (Å²) in [6.45, 7) is 6.81. The lowest BCUT2D eigenvalue weighted by molar-refractivity contribution is 0.252. The number of rotatable bonds is 5. The third-order valence-electron chi connectivity index (χ3n) is 4.56. The van der Waals surface area contributed by atoms with Gasteiger partial charge in [-0.2, -0.15) is 0 Å².